The first-order valence-corrected chi connectivity index (χ1v) is 10.4. The zero-order valence-electron chi connectivity index (χ0n) is 11.9. The monoisotopic (exact) mass is 351 g/mol. The van der Waals surface area contributed by atoms with Gasteiger partial charge in [0.05, 0.1) is 0 Å². The van der Waals surface area contributed by atoms with E-state index < -0.39 is 19.1 Å². The summed E-state index contributed by atoms with van der Waals surface area (Å²) in [5.41, 5.74) is 0. The van der Waals surface area contributed by atoms with Crippen LogP contribution < -0.4 is 0 Å². The van der Waals surface area contributed by atoms with Gasteiger partial charge in [-0.15, -0.1) is 0 Å². The second-order valence-electron chi connectivity index (χ2n) is 5.49. The highest BCUT2D eigenvalue weighted by Gasteiger charge is 2.36. The van der Waals surface area contributed by atoms with E-state index in [9.17, 15) is 16.8 Å². The van der Waals surface area contributed by atoms with Gasteiger partial charge in [0, 0.05) is 23.3 Å². The summed E-state index contributed by atoms with van der Waals surface area (Å²) in [5, 5.41) is 0. The van der Waals surface area contributed by atoms with Crippen molar-refractivity contribution in [3.05, 3.63) is 24.3 Å². The van der Waals surface area contributed by atoms with E-state index in [1.807, 2.05) is 13.8 Å². The van der Waals surface area contributed by atoms with E-state index in [-0.39, 0.29) is 21.8 Å². The van der Waals surface area contributed by atoms with Gasteiger partial charge in [-0.25, -0.2) is 16.8 Å². The van der Waals surface area contributed by atoms with Gasteiger partial charge >= 0.3 is 0 Å². The van der Waals surface area contributed by atoms with Crippen molar-refractivity contribution in [1.82, 2.24) is 4.31 Å². The van der Waals surface area contributed by atoms with Crippen molar-refractivity contribution in [2.45, 2.75) is 42.5 Å². The van der Waals surface area contributed by atoms with E-state index in [0.29, 0.717) is 6.54 Å². The van der Waals surface area contributed by atoms with Crippen LogP contribution in [-0.2, 0) is 19.1 Å². The van der Waals surface area contributed by atoms with Gasteiger partial charge in [0.15, 0.2) is 0 Å². The van der Waals surface area contributed by atoms with Crippen LogP contribution >= 0.6 is 10.7 Å². The van der Waals surface area contributed by atoms with Crippen molar-refractivity contribution >= 4 is 29.8 Å². The number of benzene rings is 1. The number of hydrogen-bond acceptors (Lipinski definition) is 4. The maximum Gasteiger partial charge on any atom is 0.262 e. The second-order valence-corrected chi connectivity index (χ2v) is 9.88. The Kier molecular flexibility index (Phi) is 4.68. The summed E-state index contributed by atoms with van der Waals surface area (Å²) in [6.07, 6.45) is 1.72. The highest BCUT2D eigenvalue weighted by molar-refractivity contribution is 8.14. The predicted octanol–water partition coefficient (Wildman–Crippen LogP) is 2.42. The molecule has 1 aromatic rings. The van der Waals surface area contributed by atoms with Crippen molar-refractivity contribution in [3.8, 4) is 0 Å². The summed E-state index contributed by atoms with van der Waals surface area (Å²) in [7, 11) is -2.65. The van der Waals surface area contributed by atoms with Gasteiger partial charge in [0.2, 0.25) is 10.0 Å². The van der Waals surface area contributed by atoms with Crippen LogP contribution in [0.1, 0.15) is 26.7 Å². The molecule has 0 spiro atoms. The summed E-state index contributed by atoms with van der Waals surface area (Å²) in [5.74, 6) is 0.246. The van der Waals surface area contributed by atoms with Crippen molar-refractivity contribution in [2.24, 2.45) is 5.92 Å². The van der Waals surface area contributed by atoms with Crippen molar-refractivity contribution in [1.29, 1.82) is 0 Å². The summed E-state index contributed by atoms with van der Waals surface area (Å²) in [6.45, 7) is 4.21. The topological polar surface area (TPSA) is 71.5 Å². The fraction of sp³-hybridized carbons (Fsp3) is 0.538. The number of sulfonamides is 1. The summed E-state index contributed by atoms with van der Waals surface area (Å²) >= 11 is 0. The molecule has 0 aromatic heterocycles. The first kappa shape index (κ1) is 16.7. The molecule has 0 aliphatic carbocycles. The van der Waals surface area contributed by atoms with Crippen LogP contribution in [0.2, 0.25) is 0 Å². The van der Waals surface area contributed by atoms with Crippen LogP contribution in [0.3, 0.4) is 0 Å². The number of nitrogens with zero attached hydrogens (tertiary/aromatic N) is 1. The number of halogens is 1. The van der Waals surface area contributed by atoms with Crippen molar-refractivity contribution in [3.63, 3.8) is 0 Å². The number of hydrogen-bond donors (Lipinski definition) is 0. The van der Waals surface area contributed by atoms with E-state index in [0.717, 1.165) is 12.8 Å². The summed E-state index contributed by atoms with van der Waals surface area (Å²) in [4.78, 5) is -0.613. The van der Waals surface area contributed by atoms with Gasteiger partial charge in [-0.3, -0.25) is 0 Å². The molecule has 2 rings (SSSR count). The van der Waals surface area contributed by atoms with E-state index in [1.54, 1.807) is 0 Å². The van der Waals surface area contributed by atoms with E-state index in [1.165, 1.54) is 28.6 Å². The van der Waals surface area contributed by atoms with Crippen molar-refractivity contribution in [2.75, 3.05) is 6.54 Å². The molecule has 5 nitrogen and oxygen atoms in total. The molecule has 8 heteroatoms. The molecule has 0 amide bonds. The third kappa shape index (κ3) is 3.41. The predicted molar refractivity (Wildman–Crippen MR) is 81.2 cm³/mol. The lowest BCUT2D eigenvalue weighted by atomic mass is 9.97. The molecule has 1 fully saturated rings. The van der Waals surface area contributed by atoms with E-state index in [4.69, 9.17) is 10.7 Å². The zero-order valence-corrected chi connectivity index (χ0v) is 14.2. The summed E-state index contributed by atoms with van der Waals surface area (Å²) in [6, 6.07) is 5.30. The average Bonchev–Trinajstić information content (AvgIpc) is 2.40. The van der Waals surface area contributed by atoms with Crippen LogP contribution in [0.4, 0.5) is 0 Å². The maximum atomic E-state index is 12.8. The molecule has 2 atom stereocenters. The van der Waals surface area contributed by atoms with Crippen LogP contribution in [0.5, 0.6) is 0 Å². The fourth-order valence-corrected chi connectivity index (χ4v) is 6.16. The van der Waals surface area contributed by atoms with Crippen molar-refractivity contribution < 1.29 is 16.8 Å². The Morgan fingerprint density at radius 1 is 1.05 bits per heavy atom. The highest BCUT2D eigenvalue weighted by atomic mass is 35.7. The summed E-state index contributed by atoms with van der Waals surface area (Å²) < 4.78 is 50.2. The van der Waals surface area contributed by atoms with Gasteiger partial charge < -0.3 is 0 Å². The molecule has 1 aromatic carbocycles. The minimum absolute atomic E-state index is 0.155. The van der Waals surface area contributed by atoms with Gasteiger partial charge in [-0.2, -0.15) is 4.31 Å². The average molecular weight is 352 g/mol. The minimum atomic E-state index is -4.12. The Morgan fingerprint density at radius 3 is 2.19 bits per heavy atom. The molecule has 2 unspecified atom stereocenters. The van der Waals surface area contributed by atoms with Gasteiger partial charge in [-0.05, 0) is 37.8 Å². The largest absolute Gasteiger partial charge is 0.262 e. The minimum Gasteiger partial charge on any atom is -0.207 e. The molecule has 0 N–H and O–H groups in total. The second kappa shape index (κ2) is 5.87. The van der Waals surface area contributed by atoms with E-state index in [2.05, 4.69) is 0 Å². The van der Waals surface area contributed by atoms with Crippen LogP contribution in [0, 0.1) is 5.92 Å². The lowest BCUT2D eigenvalue weighted by Crippen LogP contribution is -2.45. The SMILES string of the molecule is CC1CCC(C)N(S(=O)(=O)c2ccccc2S(=O)(=O)Cl)C1. The Hall–Kier alpha value is -0.630. The Labute approximate surface area is 130 Å². The van der Waals surface area contributed by atoms with Gasteiger partial charge in [0.1, 0.15) is 9.79 Å². The molecule has 1 heterocycles. The van der Waals surface area contributed by atoms with Gasteiger partial charge in [0.25, 0.3) is 9.05 Å². The molecule has 1 aliphatic heterocycles. The Balaban J connectivity index is 2.55. The van der Waals surface area contributed by atoms with E-state index >= 15 is 0 Å². The van der Waals surface area contributed by atoms with Crippen LogP contribution in [-0.4, -0.2) is 33.7 Å². The van der Waals surface area contributed by atoms with Crippen LogP contribution in [0.15, 0.2) is 34.1 Å². The first-order valence-electron chi connectivity index (χ1n) is 6.69. The number of rotatable bonds is 3. The molecule has 118 valence electrons. The smallest absolute Gasteiger partial charge is 0.207 e. The molecular weight excluding hydrogens is 334 g/mol. The molecule has 0 bridgehead atoms. The first-order chi connectivity index (χ1) is 9.64. The molecule has 0 radical (unpaired) electrons. The van der Waals surface area contributed by atoms with Crippen LogP contribution in [0.25, 0.3) is 0 Å². The standard InChI is InChI=1S/C13H18ClNO4S2/c1-10-7-8-11(2)15(9-10)21(18,19)13-6-4-3-5-12(13)20(14,16)17/h3-6,10-11H,7-9H2,1-2H3. The normalized spacial score (nSPS) is 24.9. The molecule has 1 saturated heterocycles. The zero-order chi connectivity index (χ0) is 15.8. The Bertz CT molecular complexity index is 730. The van der Waals surface area contributed by atoms with Gasteiger partial charge in [-0.1, -0.05) is 19.1 Å². The maximum absolute atomic E-state index is 12.8. The molecule has 1 aliphatic rings. The quantitative estimate of drug-likeness (QED) is 0.784. The third-order valence-corrected chi connectivity index (χ3v) is 7.31. The number of piperidine rings is 1. The molecule has 21 heavy (non-hydrogen) atoms. The molecular formula is C13H18ClNO4S2. The Morgan fingerprint density at radius 2 is 1.62 bits per heavy atom. The third-order valence-electron chi connectivity index (χ3n) is 3.76. The molecule has 0 saturated carbocycles. The lowest BCUT2D eigenvalue weighted by Gasteiger charge is -2.35. The fourth-order valence-electron chi connectivity index (χ4n) is 2.57. The lowest BCUT2D eigenvalue weighted by molar-refractivity contribution is 0.217. The highest BCUT2D eigenvalue weighted by Crippen LogP contribution is 2.31.